The molecule has 7 heteroatoms. The highest BCUT2D eigenvalue weighted by Gasteiger charge is 2.29. The second-order valence-electron chi connectivity index (χ2n) is 7.63. The van der Waals surface area contributed by atoms with Crippen molar-refractivity contribution >= 4 is 28.5 Å². The highest BCUT2D eigenvalue weighted by molar-refractivity contribution is 5.94. The normalized spacial score (nSPS) is 14.1. The summed E-state index contributed by atoms with van der Waals surface area (Å²) in [5, 5.41) is 6.67. The van der Waals surface area contributed by atoms with Gasteiger partial charge in [0.25, 0.3) is 5.91 Å². The first kappa shape index (κ1) is 20.8. The van der Waals surface area contributed by atoms with Gasteiger partial charge in [-0.1, -0.05) is 18.2 Å². The van der Waals surface area contributed by atoms with Crippen LogP contribution in [0.5, 0.6) is 11.5 Å². The highest BCUT2D eigenvalue weighted by Crippen LogP contribution is 2.32. The Bertz CT molecular complexity index is 1090. The molecule has 0 spiro atoms. The fraction of sp³-hybridized carbons (Fsp3) is 0.333. The van der Waals surface area contributed by atoms with Gasteiger partial charge in [-0.2, -0.15) is 0 Å². The fourth-order valence-corrected chi connectivity index (χ4v) is 3.30. The third-order valence-corrected chi connectivity index (χ3v) is 5.05. The predicted molar refractivity (Wildman–Crippen MR) is 117 cm³/mol. The van der Waals surface area contributed by atoms with Crippen molar-refractivity contribution in [1.82, 2.24) is 5.32 Å². The number of benzene rings is 2. The molecule has 7 nitrogen and oxygen atoms in total. The molecule has 1 heterocycles. The molecule has 0 saturated heterocycles. The van der Waals surface area contributed by atoms with Crippen LogP contribution in [0.3, 0.4) is 0 Å². The monoisotopic (exact) mass is 422 g/mol. The Hall–Kier alpha value is -3.48. The van der Waals surface area contributed by atoms with E-state index >= 15 is 0 Å². The van der Waals surface area contributed by atoms with Crippen molar-refractivity contribution in [3.05, 3.63) is 54.3 Å². The van der Waals surface area contributed by atoms with Gasteiger partial charge in [0.1, 0.15) is 11.5 Å². The molecule has 31 heavy (non-hydrogen) atoms. The zero-order valence-electron chi connectivity index (χ0n) is 17.6. The average Bonchev–Trinajstić information content (AvgIpc) is 3.51. The lowest BCUT2D eigenvalue weighted by molar-refractivity contribution is -0.124. The summed E-state index contributed by atoms with van der Waals surface area (Å²) in [7, 11) is 0. The van der Waals surface area contributed by atoms with Gasteiger partial charge < -0.3 is 24.5 Å². The van der Waals surface area contributed by atoms with Crippen LogP contribution in [-0.2, 0) is 9.59 Å². The second kappa shape index (κ2) is 9.12. The van der Waals surface area contributed by atoms with Crippen molar-refractivity contribution in [1.29, 1.82) is 0 Å². The topological polar surface area (TPSA) is 89.8 Å². The first-order valence-corrected chi connectivity index (χ1v) is 10.5. The number of anilines is 1. The minimum atomic E-state index is -0.331. The predicted octanol–water partition coefficient (Wildman–Crippen LogP) is 4.44. The summed E-state index contributed by atoms with van der Waals surface area (Å²) in [6.07, 6.45) is 1.89. The third kappa shape index (κ3) is 5.17. The Balaban J connectivity index is 1.33. The molecule has 2 amide bonds. The van der Waals surface area contributed by atoms with Crippen LogP contribution in [0.2, 0.25) is 0 Å². The lowest BCUT2D eigenvalue weighted by Crippen LogP contribution is -2.31. The van der Waals surface area contributed by atoms with Gasteiger partial charge in [-0.15, -0.1) is 0 Å². The van der Waals surface area contributed by atoms with Gasteiger partial charge in [-0.05, 0) is 51.0 Å². The largest absolute Gasteiger partial charge is 0.490 e. The molecule has 4 rings (SSSR count). The lowest BCUT2D eigenvalue weighted by atomic mass is 10.2. The van der Waals surface area contributed by atoms with E-state index in [4.69, 9.17) is 13.9 Å². The number of nitrogens with one attached hydrogen (secondary N) is 2. The number of ether oxygens (including phenoxy) is 2. The molecule has 1 aliphatic rings. The number of amides is 2. The summed E-state index contributed by atoms with van der Waals surface area (Å²) in [6.45, 7) is 4.17. The Morgan fingerprint density at radius 3 is 2.71 bits per heavy atom. The van der Waals surface area contributed by atoms with Crippen LogP contribution < -0.4 is 20.1 Å². The maximum absolute atomic E-state index is 12.4. The maximum Gasteiger partial charge on any atom is 0.258 e. The lowest BCUT2D eigenvalue weighted by Gasteiger charge is -2.13. The van der Waals surface area contributed by atoms with Gasteiger partial charge >= 0.3 is 0 Å². The van der Waals surface area contributed by atoms with Crippen LogP contribution in [0.25, 0.3) is 11.0 Å². The number of hydrogen-bond acceptors (Lipinski definition) is 5. The Morgan fingerprint density at radius 2 is 1.94 bits per heavy atom. The van der Waals surface area contributed by atoms with E-state index < -0.39 is 0 Å². The van der Waals surface area contributed by atoms with Gasteiger partial charge in [-0.3, -0.25) is 9.59 Å². The molecule has 2 N–H and O–H groups in total. The zero-order valence-corrected chi connectivity index (χ0v) is 17.6. The van der Waals surface area contributed by atoms with Crippen LogP contribution in [0.4, 0.5) is 5.69 Å². The quantitative estimate of drug-likeness (QED) is 0.532. The van der Waals surface area contributed by atoms with Crippen LogP contribution in [0, 0.1) is 5.92 Å². The molecule has 0 radical (unpaired) electrons. The van der Waals surface area contributed by atoms with Crippen LogP contribution in [0.1, 0.15) is 38.5 Å². The molecule has 0 aliphatic heterocycles. The highest BCUT2D eigenvalue weighted by atomic mass is 16.5. The van der Waals surface area contributed by atoms with Gasteiger partial charge in [0, 0.05) is 23.1 Å². The molecule has 1 aliphatic carbocycles. The Labute approximate surface area is 180 Å². The summed E-state index contributed by atoms with van der Waals surface area (Å²) >= 11 is 0. The van der Waals surface area contributed by atoms with E-state index in [1.165, 1.54) is 0 Å². The van der Waals surface area contributed by atoms with E-state index in [1.807, 2.05) is 38.1 Å². The van der Waals surface area contributed by atoms with Crippen LogP contribution in [0.15, 0.2) is 52.9 Å². The number of fused-ring (bicyclic) bond motifs is 1. The number of carbonyl (C=O) groups excluding carboxylic acids is 2. The van der Waals surface area contributed by atoms with Crippen LogP contribution >= 0.6 is 0 Å². The van der Waals surface area contributed by atoms with Crippen molar-refractivity contribution in [2.45, 2.75) is 32.7 Å². The summed E-state index contributed by atoms with van der Waals surface area (Å²) in [5.41, 5.74) is 1.33. The molecule has 1 fully saturated rings. The summed E-state index contributed by atoms with van der Waals surface area (Å²) in [6, 6.07) is 14.3. The molecule has 2 aromatic carbocycles. The third-order valence-electron chi connectivity index (χ3n) is 5.05. The molecule has 1 aromatic heterocycles. The first-order valence-electron chi connectivity index (χ1n) is 10.5. The zero-order chi connectivity index (χ0) is 21.8. The van der Waals surface area contributed by atoms with E-state index in [-0.39, 0.29) is 30.4 Å². The molecule has 1 atom stereocenters. The van der Waals surface area contributed by atoms with Crippen molar-refractivity contribution in [2.75, 3.05) is 18.5 Å². The Morgan fingerprint density at radius 1 is 1.13 bits per heavy atom. The van der Waals surface area contributed by atoms with E-state index in [9.17, 15) is 9.59 Å². The summed E-state index contributed by atoms with van der Waals surface area (Å²) in [4.78, 5) is 24.3. The van der Waals surface area contributed by atoms with Gasteiger partial charge in [0.05, 0.1) is 12.6 Å². The number of carbonyl (C=O) groups is 2. The first-order chi connectivity index (χ1) is 15.0. The maximum atomic E-state index is 12.4. The Kier molecular flexibility index (Phi) is 6.11. The van der Waals surface area contributed by atoms with Gasteiger partial charge in [0.2, 0.25) is 5.91 Å². The second-order valence-corrected chi connectivity index (χ2v) is 7.63. The molecule has 0 bridgehead atoms. The van der Waals surface area contributed by atoms with Crippen molar-refractivity contribution in [2.24, 2.45) is 5.92 Å². The van der Waals surface area contributed by atoms with Crippen molar-refractivity contribution < 1.29 is 23.5 Å². The minimum Gasteiger partial charge on any atom is -0.490 e. The van der Waals surface area contributed by atoms with Gasteiger partial charge in [0.15, 0.2) is 17.9 Å². The molecular formula is C24H26N2O5. The average molecular weight is 422 g/mol. The molecule has 162 valence electrons. The fourth-order valence-electron chi connectivity index (χ4n) is 3.30. The SMILES string of the molecule is CCOc1cccc2cc(C(C)NC(=O)COc3cccc(NC(=O)C4CC4)c3)oc12. The minimum absolute atomic E-state index is 0.0297. The molecule has 1 saturated carbocycles. The van der Waals surface area contributed by atoms with E-state index in [2.05, 4.69) is 10.6 Å². The van der Waals surface area contributed by atoms with Gasteiger partial charge in [-0.25, -0.2) is 0 Å². The number of furan rings is 1. The molecule has 3 aromatic rings. The van der Waals surface area contributed by atoms with Crippen LogP contribution in [-0.4, -0.2) is 25.0 Å². The van der Waals surface area contributed by atoms with Crippen molar-refractivity contribution in [3.63, 3.8) is 0 Å². The summed E-state index contributed by atoms with van der Waals surface area (Å²) in [5.74, 6) is 1.72. The smallest absolute Gasteiger partial charge is 0.258 e. The standard InChI is InChI=1S/C24H26N2O5/c1-3-29-20-9-4-6-17-12-21(31-23(17)20)15(2)25-22(27)14-30-19-8-5-7-18(13-19)26-24(28)16-10-11-16/h4-9,12-13,15-16H,3,10-11,14H2,1-2H3,(H,25,27)(H,26,28). The molecule has 1 unspecified atom stereocenters. The molecular weight excluding hydrogens is 396 g/mol. The number of para-hydroxylation sites is 1. The number of rotatable bonds is 9. The van der Waals surface area contributed by atoms with E-state index in [0.29, 0.717) is 35.1 Å². The summed E-state index contributed by atoms with van der Waals surface area (Å²) < 4.78 is 17.1. The van der Waals surface area contributed by atoms with E-state index in [1.54, 1.807) is 24.3 Å². The van der Waals surface area contributed by atoms with Crippen molar-refractivity contribution in [3.8, 4) is 11.5 Å². The number of hydrogen-bond donors (Lipinski definition) is 2. The van der Waals surface area contributed by atoms with E-state index in [0.717, 1.165) is 18.2 Å².